The molecule has 5 aromatic rings. The van der Waals surface area contributed by atoms with E-state index >= 15 is 0 Å². The zero-order chi connectivity index (χ0) is 35.3. The number of amides is 1. The molecule has 0 spiro atoms. The molecule has 0 saturated carbocycles. The van der Waals surface area contributed by atoms with E-state index < -0.39 is 28.3 Å². The number of halogens is 2. The lowest BCUT2D eigenvalue weighted by molar-refractivity contribution is -0.252. The molecule has 2 heterocycles. The van der Waals surface area contributed by atoms with Crippen LogP contribution in [0.2, 0.25) is 10.3 Å². The number of rotatable bonds is 12. The highest BCUT2D eigenvalue weighted by molar-refractivity contribution is 7.89. The van der Waals surface area contributed by atoms with Crippen LogP contribution in [-0.2, 0) is 43.9 Å². The first-order chi connectivity index (χ1) is 24.1. The maximum atomic E-state index is 13.8. The van der Waals surface area contributed by atoms with Crippen LogP contribution in [-0.4, -0.2) is 41.1 Å². The van der Waals surface area contributed by atoms with Crippen molar-refractivity contribution in [2.75, 3.05) is 5.32 Å². The number of benzene rings is 4. The average molecular weight is 736 g/mol. The highest BCUT2D eigenvalue weighted by Crippen LogP contribution is 2.39. The van der Waals surface area contributed by atoms with Crippen LogP contribution in [0.3, 0.4) is 0 Å². The van der Waals surface area contributed by atoms with Gasteiger partial charge in [-0.2, -0.15) is 4.72 Å². The minimum atomic E-state index is -4.02. The lowest BCUT2D eigenvalue weighted by Crippen LogP contribution is -2.45. The third-order valence-electron chi connectivity index (χ3n) is 8.40. The first kappa shape index (κ1) is 35.7. The Morgan fingerprint density at radius 2 is 1.68 bits per heavy atom. The molecule has 0 unspecified atom stereocenters. The summed E-state index contributed by atoms with van der Waals surface area (Å²) in [6.07, 6.45) is 0.632. The molecule has 1 aliphatic rings. The van der Waals surface area contributed by atoms with E-state index in [9.17, 15) is 18.3 Å². The van der Waals surface area contributed by atoms with Gasteiger partial charge in [0.2, 0.25) is 15.9 Å². The standard InChI is InChI=1S/C37H36Cl2N4O6S/c1-24-10-16-31(17-11-24)50(46,47)42-32(18-25-6-3-2-4-7-25)36(45)41-29-9-5-8-28(19-29)37-48-30(21-43-23-40-34(38)35(43)39)20-33(49-37)27-14-12-26(22-44)13-15-27/h2-17,19,23,30,32-33,37,42,44H,18,20-22H2,1H3,(H,41,45)/t30-,32-,33+,37+/m1/s1. The van der Waals surface area contributed by atoms with E-state index in [1.807, 2.05) is 67.6 Å². The quantitative estimate of drug-likeness (QED) is 0.129. The SMILES string of the molecule is Cc1ccc(S(=O)(=O)N[C@H](Cc2ccccc2)C(=O)Nc2cccc([C@H]3O[C@@H](Cn4cnc(Cl)c4Cl)C[C@@H](c4ccc(CO)cc4)O3)c2)cc1. The summed E-state index contributed by atoms with van der Waals surface area (Å²) < 4.78 is 44.0. The predicted molar refractivity (Wildman–Crippen MR) is 191 cm³/mol. The number of nitrogens with zero attached hydrogens (tertiary/aromatic N) is 2. The molecule has 3 N–H and O–H groups in total. The van der Waals surface area contributed by atoms with Crippen molar-refractivity contribution in [3.05, 3.63) is 148 Å². The van der Waals surface area contributed by atoms with E-state index in [0.717, 1.165) is 22.3 Å². The summed E-state index contributed by atoms with van der Waals surface area (Å²) in [4.78, 5) is 17.9. The Balaban J connectivity index is 1.24. The summed E-state index contributed by atoms with van der Waals surface area (Å²) in [5.41, 5.74) is 4.47. The third-order valence-corrected chi connectivity index (χ3v) is 10.7. The summed E-state index contributed by atoms with van der Waals surface area (Å²) in [6.45, 7) is 2.16. The second-order valence-electron chi connectivity index (χ2n) is 12.1. The molecule has 1 aromatic heterocycles. The molecule has 0 aliphatic carbocycles. The number of aliphatic hydroxyl groups is 1. The Morgan fingerprint density at radius 1 is 0.940 bits per heavy atom. The molecule has 1 amide bonds. The largest absolute Gasteiger partial charge is 0.392 e. The van der Waals surface area contributed by atoms with Gasteiger partial charge in [0.15, 0.2) is 11.4 Å². The maximum Gasteiger partial charge on any atom is 0.242 e. The molecule has 4 aromatic carbocycles. The number of aromatic nitrogens is 2. The van der Waals surface area contributed by atoms with Crippen LogP contribution in [0.15, 0.2) is 114 Å². The number of hydrogen-bond donors (Lipinski definition) is 3. The lowest BCUT2D eigenvalue weighted by atomic mass is 10.00. The van der Waals surface area contributed by atoms with Gasteiger partial charge in [0, 0.05) is 17.7 Å². The molecular formula is C37H36Cl2N4O6S. The van der Waals surface area contributed by atoms with Crippen molar-refractivity contribution in [1.29, 1.82) is 0 Å². The van der Waals surface area contributed by atoms with E-state index in [0.29, 0.717) is 29.4 Å². The fourth-order valence-corrected chi connectivity index (χ4v) is 7.23. The summed E-state index contributed by atoms with van der Waals surface area (Å²) in [5, 5.41) is 12.9. The smallest absolute Gasteiger partial charge is 0.242 e. The van der Waals surface area contributed by atoms with Crippen molar-refractivity contribution in [3.8, 4) is 0 Å². The number of anilines is 1. The Hall–Kier alpha value is -4.07. The number of aryl methyl sites for hydroxylation is 1. The van der Waals surface area contributed by atoms with Crippen molar-refractivity contribution in [3.63, 3.8) is 0 Å². The van der Waals surface area contributed by atoms with E-state index in [2.05, 4.69) is 15.0 Å². The molecule has 0 bridgehead atoms. The second kappa shape index (κ2) is 15.9. The highest BCUT2D eigenvalue weighted by atomic mass is 35.5. The van der Waals surface area contributed by atoms with E-state index in [-0.39, 0.29) is 35.3 Å². The molecule has 4 atom stereocenters. The van der Waals surface area contributed by atoms with Gasteiger partial charge in [0.05, 0.1) is 36.6 Å². The summed E-state index contributed by atoms with van der Waals surface area (Å²) in [6, 6.07) is 29.1. The van der Waals surface area contributed by atoms with Gasteiger partial charge in [0.25, 0.3) is 0 Å². The summed E-state index contributed by atoms with van der Waals surface area (Å²) in [7, 11) is -4.02. The van der Waals surface area contributed by atoms with Gasteiger partial charge in [-0.1, -0.05) is 108 Å². The van der Waals surface area contributed by atoms with Crippen molar-refractivity contribution in [2.24, 2.45) is 0 Å². The molecule has 1 fully saturated rings. The predicted octanol–water partition coefficient (Wildman–Crippen LogP) is 6.76. The van der Waals surface area contributed by atoms with Crippen LogP contribution in [0, 0.1) is 6.92 Å². The first-order valence-corrected chi connectivity index (χ1v) is 18.2. The molecule has 0 radical (unpaired) electrons. The van der Waals surface area contributed by atoms with Gasteiger partial charge in [-0.3, -0.25) is 4.79 Å². The van der Waals surface area contributed by atoms with Gasteiger partial charge in [-0.25, -0.2) is 13.4 Å². The Morgan fingerprint density at radius 3 is 2.36 bits per heavy atom. The molecule has 50 heavy (non-hydrogen) atoms. The number of carbonyl (C=O) groups excluding carboxylic acids is 1. The third kappa shape index (κ3) is 8.80. The Labute approximate surface area is 301 Å². The number of hydrogen-bond acceptors (Lipinski definition) is 7. The Kier molecular flexibility index (Phi) is 11.3. The topological polar surface area (TPSA) is 132 Å². The van der Waals surface area contributed by atoms with Gasteiger partial charge in [-0.05, 0) is 54.3 Å². The van der Waals surface area contributed by atoms with Crippen molar-refractivity contribution in [1.82, 2.24) is 14.3 Å². The average Bonchev–Trinajstić information content (AvgIpc) is 3.44. The molecule has 6 rings (SSSR count). The number of nitrogens with one attached hydrogen (secondary N) is 2. The number of sulfonamides is 1. The van der Waals surface area contributed by atoms with Crippen LogP contribution in [0.1, 0.15) is 46.6 Å². The van der Waals surface area contributed by atoms with Gasteiger partial charge >= 0.3 is 0 Å². The van der Waals surface area contributed by atoms with E-state index in [1.165, 1.54) is 12.1 Å². The molecular weight excluding hydrogens is 699 g/mol. The highest BCUT2D eigenvalue weighted by Gasteiger charge is 2.33. The van der Waals surface area contributed by atoms with Crippen LogP contribution in [0.25, 0.3) is 0 Å². The lowest BCUT2D eigenvalue weighted by Gasteiger charge is -2.36. The molecule has 260 valence electrons. The fraction of sp³-hybridized carbons (Fsp3) is 0.243. The maximum absolute atomic E-state index is 13.8. The number of ether oxygens (including phenoxy) is 2. The first-order valence-electron chi connectivity index (χ1n) is 16.0. The number of imidazole rings is 1. The van der Waals surface area contributed by atoms with Gasteiger partial charge in [-0.15, -0.1) is 0 Å². The van der Waals surface area contributed by atoms with Crippen LogP contribution in [0.4, 0.5) is 5.69 Å². The van der Waals surface area contributed by atoms with Crippen molar-refractivity contribution >= 4 is 44.8 Å². The van der Waals surface area contributed by atoms with Crippen molar-refractivity contribution < 1.29 is 27.8 Å². The van der Waals surface area contributed by atoms with Crippen LogP contribution >= 0.6 is 23.2 Å². The Bertz CT molecular complexity index is 2030. The number of aliphatic hydroxyl groups excluding tert-OH is 1. The monoisotopic (exact) mass is 734 g/mol. The second-order valence-corrected chi connectivity index (χ2v) is 14.6. The molecule has 1 saturated heterocycles. The molecule has 10 nitrogen and oxygen atoms in total. The number of carbonyl (C=O) groups is 1. The summed E-state index contributed by atoms with van der Waals surface area (Å²) in [5.74, 6) is -0.529. The minimum Gasteiger partial charge on any atom is -0.392 e. The van der Waals surface area contributed by atoms with E-state index in [1.54, 1.807) is 41.2 Å². The van der Waals surface area contributed by atoms with E-state index in [4.69, 9.17) is 32.7 Å². The van der Waals surface area contributed by atoms with Gasteiger partial charge in [0.1, 0.15) is 11.2 Å². The normalized spacial score (nSPS) is 18.4. The van der Waals surface area contributed by atoms with Crippen LogP contribution < -0.4 is 10.0 Å². The molecule has 1 aliphatic heterocycles. The van der Waals surface area contributed by atoms with Crippen LogP contribution in [0.5, 0.6) is 0 Å². The zero-order valence-corrected chi connectivity index (χ0v) is 29.4. The van der Waals surface area contributed by atoms with Gasteiger partial charge < -0.3 is 24.5 Å². The minimum absolute atomic E-state index is 0.0666. The van der Waals surface area contributed by atoms with Crippen molar-refractivity contribution in [2.45, 2.75) is 62.4 Å². The molecule has 13 heteroatoms. The fourth-order valence-electron chi connectivity index (χ4n) is 5.73. The summed E-state index contributed by atoms with van der Waals surface area (Å²) >= 11 is 12.5. The zero-order valence-electron chi connectivity index (χ0n) is 27.1.